The molecule has 0 atom stereocenters. The number of aromatic nitrogens is 3. The van der Waals surface area contributed by atoms with Gasteiger partial charge in [0.15, 0.2) is 15.7 Å². The molecular weight excluding hydrogens is 832 g/mol. The molecule has 1 aliphatic rings. The van der Waals surface area contributed by atoms with Crippen molar-refractivity contribution in [2.24, 2.45) is 0 Å². The molecule has 0 unspecified atom stereocenters. The van der Waals surface area contributed by atoms with E-state index < -0.39 is 79.7 Å². The van der Waals surface area contributed by atoms with Crippen molar-refractivity contribution < 1.29 is 45.8 Å². The van der Waals surface area contributed by atoms with Crippen LogP contribution in [-0.4, -0.2) is 64.3 Å². The van der Waals surface area contributed by atoms with Crippen LogP contribution in [0.3, 0.4) is 0 Å². The molecule has 0 radical (unpaired) electrons. The number of nitrogens with zero attached hydrogens (tertiary/aromatic N) is 4. The van der Waals surface area contributed by atoms with E-state index in [9.17, 15) is 22.8 Å². The molecule has 2 aromatic carbocycles. The van der Waals surface area contributed by atoms with Crippen molar-refractivity contribution >= 4 is 56.4 Å². The molecule has 1 aliphatic carbocycles. The first kappa shape index (κ1) is 47.2. The first-order chi connectivity index (χ1) is 28.1. The number of pyridine rings is 1. The third-order valence-corrected chi connectivity index (χ3v) is 11.4. The highest BCUT2D eigenvalue weighted by atomic mass is 35.5. The van der Waals surface area contributed by atoms with Crippen molar-refractivity contribution in [1.82, 2.24) is 20.1 Å². The predicted octanol–water partition coefficient (Wildman–Crippen LogP) is 11.0. The van der Waals surface area contributed by atoms with Gasteiger partial charge in [-0.05, 0) is 137 Å². The van der Waals surface area contributed by atoms with Crippen molar-refractivity contribution in [1.29, 1.82) is 0 Å². The van der Waals surface area contributed by atoms with Gasteiger partial charge >= 0.3 is 18.3 Å². The Morgan fingerprint density at radius 1 is 0.852 bits per heavy atom. The number of hydrogen-bond donors (Lipinski definition) is 1. The van der Waals surface area contributed by atoms with E-state index in [2.05, 4.69) is 5.32 Å². The zero-order valence-electron chi connectivity index (χ0n) is 36.6. The lowest BCUT2D eigenvalue weighted by Crippen LogP contribution is -2.44. The minimum Gasteiger partial charge on any atom is -0.444 e. The third kappa shape index (κ3) is 12.0. The number of carbonyl (C=O) groups is 3. The van der Waals surface area contributed by atoms with Crippen LogP contribution in [0, 0.1) is 11.6 Å². The summed E-state index contributed by atoms with van der Waals surface area (Å²) in [5.41, 5.74) is -2.39. The summed E-state index contributed by atoms with van der Waals surface area (Å²) in [6, 6.07) is 7.47. The van der Waals surface area contributed by atoms with Crippen LogP contribution in [0.15, 0.2) is 42.6 Å². The average molecular weight is 888 g/mol. The quantitative estimate of drug-likeness (QED) is 0.160. The molecular formula is C44H56ClF2N5O8S. The van der Waals surface area contributed by atoms with Crippen LogP contribution in [0.1, 0.15) is 130 Å². The van der Waals surface area contributed by atoms with Crippen molar-refractivity contribution in [3.8, 4) is 11.3 Å². The molecule has 0 saturated heterocycles. The van der Waals surface area contributed by atoms with E-state index >= 15 is 8.78 Å². The first-order valence-corrected chi connectivity index (χ1v) is 22.4. The molecule has 2 aromatic heterocycles. The molecule has 2 heterocycles. The smallest absolute Gasteiger partial charge is 0.425 e. The van der Waals surface area contributed by atoms with Crippen LogP contribution in [0.25, 0.3) is 22.2 Å². The lowest BCUT2D eigenvalue weighted by atomic mass is 9.81. The zero-order valence-corrected chi connectivity index (χ0v) is 38.2. The number of anilines is 1. The van der Waals surface area contributed by atoms with Crippen LogP contribution >= 0.6 is 11.6 Å². The van der Waals surface area contributed by atoms with E-state index in [4.69, 9.17) is 35.9 Å². The lowest BCUT2D eigenvalue weighted by Gasteiger charge is -2.31. The monoisotopic (exact) mass is 887 g/mol. The van der Waals surface area contributed by atoms with Gasteiger partial charge in [-0.3, -0.25) is 4.68 Å². The van der Waals surface area contributed by atoms with Crippen molar-refractivity contribution in [3.05, 3.63) is 75.9 Å². The summed E-state index contributed by atoms with van der Waals surface area (Å²) < 4.78 is 77.8. The predicted molar refractivity (Wildman–Crippen MR) is 230 cm³/mol. The molecule has 0 aliphatic heterocycles. The number of alkyl carbamates (subject to hydrolysis) is 1. The number of hydrogen-bond acceptors (Lipinski definition) is 10. The Hall–Kier alpha value is -4.83. The molecule has 1 N–H and O–H groups in total. The number of benzene rings is 2. The number of halogens is 3. The van der Waals surface area contributed by atoms with Gasteiger partial charge in [-0.25, -0.2) is 36.6 Å². The fourth-order valence-electron chi connectivity index (χ4n) is 7.12. The Balaban J connectivity index is 1.69. The van der Waals surface area contributed by atoms with Gasteiger partial charge in [0.05, 0.1) is 22.4 Å². The summed E-state index contributed by atoms with van der Waals surface area (Å²) in [5.74, 6) is -3.83. The maximum atomic E-state index is 16.6. The van der Waals surface area contributed by atoms with Crippen molar-refractivity contribution in [3.63, 3.8) is 0 Å². The fraction of sp³-hybridized carbons (Fsp3) is 0.523. The Bertz CT molecular complexity index is 2380. The Labute approximate surface area is 361 Å². The van der Waals surface area contributed by atoms with Crippen molar-refractivity contribution in [2.45, 2.75) is 148 Å². The van der Waals surface area contributed by atoms with Gasteiger partial charge in [-0.2, -0.15) is 10.00 Å². The molecule has 17 heteroatoms. The highest BCUT2D eigenvalue weighted by Crippen LogP contribution is 2.44. The molecule has 0 bridgehead atoms. The number of fused-ring (bicyclic) bond motifs is 1. The Morgan fingerprint density at radius 2 is 1.41 bits per heavy atom. The van der Waals surface area contributed by atoms with Gasteiger partial charge in [0.2, 0.25) is 0 Å². The summed E-state index contributed by atoms with van der Waals surface area (Å²) in [6.45, 7) is 18.8. The summed E-state index contributed by atoms with van der Waals surface area (Å²) in [6.07, 6.45) is 1.08. The number of ether oxygens (including phenoxy) is 3. The standard InChI is InChI=1S/C44H56ClF2N5O8S/c1-25(2)52-37-31(26-16-18-29(19-17-26)49-39(53)58-42(3,4)5)22-48-38(51(40(54)59-43(6,7)8)41(55)60-44(9,10)11)35(37)36(50-52)30-21-33(46)28(20-34(30)47)24-61(56,57)23-27-14-12-13-15-32(27)45/h12-15,20-22,25-26,29H,16-19,23-24H2,1-11H3,(H,49,53). The van der Waals surface area contributed by atoms with Crippen LogP contribution in [0.5, 0.6) is 0 Å². The second-order valence-electron chi connectivity index (χ2n) is 18.7. The Kier molecular flexibility index (Phi) is 13.8. The third-order valence-electron chi connectivity index (χ3n) is 9.57. The van der Waals surface area contributed by atoms with Gasteiger partial charge in [-0.15, -0.1) is 0 Å². The van der Waals surface area contributed by atoms with E-state index in [1.165, 1.54) is 6.07 Å². The van der Waals surface area contributed by atoms with Crippen molar-refractivity contribution in [2.75, 3.05) is 4.90 Å². The number of imide groups is 1. The number of amides is 3. The van der Waals surface area contributed by atoms with Gasteiger partial charge in [0.1, 0.15) is 34.1 Å². The number of rotatable bonds is 9. The van der Waals surface area contributed by atoms with E-state index in [0.29, 0.717) is 47.2 Å². The maximum absolute atomic E-state index is 16.6. The van der Waals surface area contributed by atoms with E-state index in [1.807, 2.05) is 13.8 Å². The number of sulfone groups is 1. The Morgan fingerprint density at radius 3 is 1.95 bits per heavy atom. The molecule has 0 spiro atoms. The van der Waals surface area contributed by atoms with E-state index in [1.54, 1.807) is 91.4 Å². The number of carbonyl (C=O) groups excluding carboxylic acids is 3. The molecule has 5 rings (SSSR count). The topological polar surface area (TPSA) is 159 Å². The van der Waals surface area contributed by atoms with E-state index in [-0.39, 0.29) is 39.4 Å². The largest absolute Gasteiger partial charge is 0.444 e. The maximum Gasteiger partial charge on any atom is 0.425 e. The fourth-order valence-corrected chi connectivity index (χ4v) is 8.92. The molecule has 4 aromatic rings. The molecule has 332 valence electrons. The van der Waals surface area contributed by atoms with Crippen LogP contribution < -0.4 is 10.2 Å². The highest BCUT2D eigenvalue weighted by molar-refractivity contribution is 7.89. The molecule has 3 amide bonds. The highest BCUT2D eigenvalue weighted by Gasteiger charge is 2.39. The van der Waals surface area contributed by atoms with E-state index in [0.717, 1.165) is 12.1 Å². The van der Waals surface area contributed by atoms with Gasteiger partial charge in [0.25, 0.3) is 0 Å². The SMILES string of the molecule is CC(C)n1nc(-c2cc(F)c(CS(=O)(=O)Cc3ccccc3Cl)cc2F)c2c(N(C(=O)OC(C)(C)C)C(=O)OC(C)(C)C)ncc(C3CCC(NC(=O)OC(C)(C)C)CC3)c21. The van der Waals surface area contributed by atoms with Gasteiger partial charge < -0.3 is 19.5 Å². The average Bonchev–Trinajstić information content (AvgIpc) is 3.50. The minimum atomic E-state index is -4.03. The second kappa shape index (κ2) is 17.9. The van der Waals surface area contributed by atoms with Crippen LogP contribution in [0.4, 0.5) is 29.0 Å². The molecule has 13 nitrogen and oxygen atoms in total. The first-order valence-electron chi connectivity index (χ1n) is 20.2. The molecule has 1 saturated carbocycles. The normalized spacial score (nSPS) is 16.4. The van der Waals surface area contributed by atoms with Crippen LogP contribution in [0.2, 0.25) is 5.02 Å². The summed E-state index contributed by atoms with van der Waals surface area (Å²) >= 11 is 6.20. The zero-order chi connectivity index (χ0) is 45.4. The second-order valence-corrected chi connectivity index (χ2v) is 21.2. The summed E-state index contributed by atoms with van der Waals surface area (Å²) in [5, 5.41) is 8.02. The molecule has 1 fully saturated rings. The molecule has 61 heavy (non-hydrogen) atoms. The van der Waals surface area contributed by atoms with Gasteiger partial charge in [-0.1, -0.05) is 29.8 Å². The van der Waals surface area contributed by atoms with Crippen LogP contribution in [-0.2, 0) is 35.6 Å². The summed E-state index contributed by atoms with van der Waals surface area (Å²) in [4.78, 5) is 46.0. The van der Waals surface area contributed by atoms with Gasteiger partial charge in [0, 0.05) is 34.4 Å². The minimum absolute atomic E-state index is 0.0364. The summed E-state index contributed by atoms with van der Waals surface area (Å²) in [7, 11) is -4.03. The number of nitrogens with one attached hydrogen (secondary N) is 1. The lowest BCUT2D eigenvalue weighted by molar-refractivity contribution is 0.0425.